The van der Waals surface area contributed by atoms with Gasteiger partial charge in [0.2, 0.25) is 0 Å². The Morgan fingerprint density at radius 1 is 1.28 bits per heavy atom. The molecule has 0 radical (unpaired) electrons. The van der Waals surface area contributed by atoms with Crippen molar-refractivity contribution in [1.29, 1.82) is 5.26 Å². The standard InChI is InChI=1S/C16H10ClN7O/c1-24-3-2-10(23-24)15-13(21-11(6-18)16(19)22-15)8-4-9(17)14-12(5-8)25-7-20-14/h2-5,7H,1H3,(H2,19,22). The highest BCUT2D eigenvalue weighted by Gasteiger charge is 2.19. The molecular formula is C16H10ClN7O. The predicted octanol–water partition coefficient (Wildman–Crippen LogP) is 2.79. The van der Waals surface area contributed by atoms with Crippen LogP contribution in [0.15, 0.2) is 35.2 Å². The van der Waals surface area contributed by atoms with Gasteiger partial charge in [-0.2, -0.15) is 10.4 Å². The van der Waals surface area contributed by atoms with E-state index < -0.39 is 0 Å². The van der Waals surface area contributed by atoms with Crippen LogP contribution in [0.25, 0.3) is 33.7 Å². The molecule has 2 N–H and O–H groups in total. The molecule has 4 aromatic rings. The molecule has 9 heteroatoms. The number of halogens is 1. The van der Waals surface area contributed by atoms with Crippen molar-refractivity contribution < 1.29 is 4.42 Å². The van der Waals surface area contributed by atoms with Gasteiger partial charge >= 0.3 is 0 Å². The van der Waals surface area contributed by atoms with Crippen LogP contribution in [0.5, 0.6) is 0 Å². The highest BCUT2D eigenvalue weighted by Crippen LogP contribution is 2.34. The van der Waals surface area contributed by atoms with Crippen molar-refractivity contribution in [3.8, 4) is 28.7 Å². The maximum atomic E-state index is 9.24. The molecular weight excluding hydrogens is 342 g/mol. The Morgan fingerprint density at radius 3 is 2.84 bits per heavy atom. The molecule has 4 rings (SSSR count). The van der Waals surface area contributed by atoms with Gasteiger partial charge in [0.05, 0.1) is 5.02 Å². The number of oxazole rings is 1. The number of fused-ring (bicyclic) bond motifs is 1. The molecule has 0 saturated carbocycles. The van der Waals surface area contributed by atoms with Gasteiger partial charge in [-0.15, -0.1) is 0 Å². The van der Waals surface area contributed by atoms with Gasteiger partial charge in [0.1, 0.15) is 28.7 Å². The zero-order valence-corrected chi connectivity index (χ0v) is 13.7. The number of aryl methyl sites for hydroxylation is 1. The lowest BCUT2D eigenvalue weighted by molar-refractivity contribution is 0.602. The van der Waals surface area contributed by atoms with E-state index in [-0.39, 0.29) is 11.5 Å². The van der Waals surface area contributed by atoms with Crippen LogP contribution in [0, 0.1) is 11.3 Å². The Hall–Kier alpha value is -3.44. The molecule has 0 amide bonds. The quantitative estimate of drug-likeness (QED) is 0.589. The summed E-state index contributed by atoms with van der Waals surface area (Å²) in [6.07, 6.45) is 3.09. The van der Waals surface area contributed by atoms with Crippen molar-refractivity contribution in [1.82, 2.24) is 24.7 Å². The SMILES string of the molecule is Cn1ccc(-c2nc(N)c(C#N)nc2-c2cc(Cl)c3ncoc3c2)n1. The molecule has 0 saturated heterocycles. The fourth-order valence-corrected chi connectivity index (χ4v) is 2.77. The Labute approximate surface area is 146 Å². The van der Waals surface area contributed by atoms with Crippen molar-refractivity contribution in [2.45, 2.75) is 0 Å². The van der Waals surface area contributed by atoms with Gasteiger partial charge in [-0.05, 0) is 18.2 Å². The minimum absolute atomic E-state index is 0.0310. The molecule has 25 heavy (non-hydrogen) atoms. The van der Waals surface area contributed by atoms with Crippen LogP contribution in [0.3, 0.4) is 0 Å². The third kappa shape index (κ3) is 2.47. The van der Waals surface area contributed by atoms with E-state index in [1.54, 1.807) is 36.1 Å². The molecule has 0 fully saturated rings. The van der Waals surface area contributed by atoms with Gasteiger partial charge in [-0.1, -0.05) is 11.6 Å². The van der Waals surface area contributed by atoms with E-state index in [0.29, 0.717) is 38.8 Å². The van der Waals surface area contributed by atoms with Crippen molar-refractivity contribution >= 4 is 28.5 Å². The molecule has 8 nitrogen and oxygen atoms in total. The highest BCUT2D eigenvalue weighted by atomic mass is 35.5. The fraction of sp³-hybridized carbons (Fsp3) is 0.0625. The van der Waals surface area contributed by atoms with Crippen molar-refractivity contribution in [2.24, 2.45) is 7.05 Å². The molecule has 122 valence electrons. The number of rotatable bonds is 2. The average molecular weight is 352 g/mol. The van der Waals surface area contributed by atoms with E-state index in [1.165, 1.54) is 6.39 Å². The Bertz CT molecular complexity index is 1160. The second-order valence-corrected chi connectivity index (χ2v) is 5.71. The van der Waals surface area contributed by atoms with Crippen LogP contribution in [-0.4, -0.2) is 24.7 Å². The van der Waals surface area contributed by atoms with E-state index in [0.717, 1.165) is 0 Å². The molecule has 0 aliphatic rings. The zero-order chi connectivity index (χ0) is 17.6. The van der Waals surface area contributed by atoms with Gasteiger partial charge < -0.3 is 10.2 Å². The fourth-order valence-electron chi connectivity index (χ4n) is 2.51. The third-order valence-electron chi connectivity index (χ3n) is 3.65. The first-order chi connectivity index (χ1) is 12.1. The largest absolute Gasteiger partial charge is 0.443 e. The summed E-state index contributed by atoms with van der Waals surface area (Å²) in [6, 6.07) is 7.16. The van der Waals surface area contributed by atoms with Gasteiger partial charge in [-0.3, -0.25) is 4.68 Å². The first-order valence-corrected chi connectivity index (χ1v) is 7.55. The molecule has 3 heterocycles. The number of nitrogen functional groups attached to an aromatic ring is 1. The lowest BCUT2D eigenvalue weighted by atomic mass is 10.1. The molecule has 0 atom stereocenters. The minimum Gasteiger partial charge on any atom is -0.443 e. The summed E-state index contributed by atoms with van der Waals surface area (Å²) in [6.45, 7) is 0. The number of aromatic nitrogens is 5. The van der Waals surface area contributed by atoms with Crippen LogP contribution >= 0.6 is 11.6 Å². The van der Waals surface area contributed by atoms with Gasteiger partial charge in [0.15, 0.2) is 23.5 Å². The molecule has 0 aliphatic carbocycles. The summed E-state index contributed by atoms with van der Waals surface area (Å²) in [5.74, 6) is 0.0405. The number of nitrogens with zero attached hydrogens (tertiary/aromatic N) is 6. The second-order valence-electron chi connectivity index (χ2n) is 5.30. The number of nitriles is 1. The summed E-state index contributed by atoms with van der Waals surface area (Å²) in [5.41, 5.74) is 9.02. The number of hydrogen-bond donors (Lipinski definition) is 1. The number of benzene rings is 1. The monoisotopic (exact) mass is 351 g/mol. The first-order valence-electron chi connectivity index (χ1n) is 7.17. The van der Waals surface area contributed by atoms with Gasteiger partial charge in [0, 0.05) is 18.8 Å². The average Bonchev–Trinajstić information content (AvgIpc) is 3.23. The van der Waals surface area contributed by atoms with Crippen LogP contribution in [-0.2, 0) is 7.05 Å². The number of hydrogen-bond acceptors (Lipinski definition) is 7. The lowest BCUT2D eigenvalue weighted by Gasteiger charge is -2.09. The van der Waals surface area contributed by atoms with E-state index in [9.17, 15) is 5.26 Å². The van der Waals surface area contributed by atoms with E-state index in [2.05, 4.69) is 20.1 Å². The lowest BCUT2D eigenvalue weighted by Crippen LogP contribution is -2.03. The van der Waals surface area contributed by atoms with E-state index in [1.807, 2.05) is 6.07 Å². The molecule has 3 aromatic heterocycles. The van der Waals surface area contributed by atoms with Crippen LogP contribution in [0.4, 0.5) is 5.82 Å². The van der Waals surface area contributed by atoms with E-state index >= 15 is 0 Å². The van der Waals surface area contributed by atoms with Gasteiger partial charge in [-0.25, -0.2) is 15.0 Å². The Balaban J connectivity index is 2.02. The topological polar surface area (TPSA) is 119 Å². The van der Waals surface area contributed by atoms with Crippen LogP contribution < -0.4 is 5.73 Å². The van der Waals surface area contributed by atoms with Crippen molar-refractivity contribution in [3.05, 3.63) is 41.5 Å². The Morgan fingerprint density at radius 2 is 2.12 bits per heavy atom. The summed E-state index contributed by atoms with van der Waals surface area (Å²) in [7, 11) is 1.79. The third-order valence-corrected chi connectivity index (χ3v) is 3.94. The molecule has 0 bridgehead atoms. The first kappa shape index (κ1) is 15.1. The summed E-state index contributed by atoms with van der Waals surface area (Å²) >= 11 is 6.28. The van der Waals surface area contributed by atoms with Crippen LogP contribution in [0.1, 0.15) is 5.69 Å². The predicted molar refractivity (Wildman–Crippen MR) is 91.4 cm³/mol. The minimum atomic E-state index is 0.0310. The summed E-state index contributed by atoms with van der Waals surface area (Å²) in [5, 5.41) is 14.0. The zero-order valence-electron chi connectivity index (χ0n) is 12.9. The maximum Gasteiger partial charge on any atom is 0.183 e. The normalized spacial score (nSPS) is 10.9. The molecule has 1 aromatic carbocycles. The second kappa shape index (κ2) is 5.58. The van der Waals surface area contributed by atoms with Crippen molar-refractivity contribution in [3.63, 3.8) is 0 Å². The molecule has 0 spiro atoms. The smallest absolute Gasteiger partial charge is 0.183 e. The number of nitrogens with two attached hydrogens (primary N) is 1. The van der Waals surface area contributed by atoms with Gasteiger partial charge in [0.25, 0.3) is 0 Å². The summed E-state index contributed by atoms with van der Waals surface area (Å²) in [4.78, 5) is 12.8. The van der Waals surface area contributed by atoms with Crippen LogP contribution in [0.2, 0.25) is 5.02 Å². The maximum absolute atomic E-state index is 9.24. The highest BCUT2D eigenvalue weighted by molar-refractivity contribution is 6.35. The van der Waals surface area contributed by atoms with Crippen molar-refractivity contribution in [2.75, 3.05) is 5.73 Å². The molecule has 0 aliphatic heterocycles. The summed E-state index contributed by atoms with van der Waals surface area (Å²) < 4.78 is 6.98. The van der Waals surface area contributed by atoms with E-state index in [4.69, 9.17) is 21.8 Å². The Kier molecular flexibility index (Phi) is 3.37. The number of anilines is 1. The molecule has 0 unspecified atom stereocenters.